The summed E-state index contributed by atoms with van der Waals surface area (Å²) in [5.41, 5.74) is 0.400. The normalized spacial score (nSPS) is 22.3. The van der Waals surface area contributed by atoms with Crippen LogP contribution in [0, 0.1) is 12.8 Å². The molecular weight excluding hydrogens is 286 g/mol. The maximum atomic E-state index is 12.2. The number of H-pyrrole nitrogens is 1. The summed E-state index contributed by atoms with van der Waals surface area (Å²) in [5.74, 6) is 0.291. The standard InChI is InChI=1S/C11H19N3O3S2/c1-7(9-4-3-5-12-6-9)14-19(16,17)10-8(2)13-11(15)18-10/h7,9,12,14H,3-6H2,1-2H3,(H,13,15). The van der Waals surface area contributed by atoms with Gasteiger partial charge in [0.1, 0.15) is 0 Å². The molecule has 0 saturated carbocycles. The topological polar surface area (TPSA) is 91.1 Å². The first-order valence-corrected chi connectivity index (χ1v) is 8.63. The monoisotopic (exact) mass is 305 g/mol. The highest BCUT2D eigenvalue weighted by Gasteiger charge is 2.27. The highest BCUT2D eigenvalue weighted by Crippen LogP contribution is 2.19. The maximum Gasteiger partial charge on any atom is 0.305 e. The van der Waals surface area contributed by atoms with Crippen LogP contribution in [0.25, 0.3) is 0 Å². The lowest BCUT2D eigenvalue weighted by Gasteiger charge is -2.28. The molecule has 2 atom stereocenters. The summed E-state index contributed by atoms with van der Waals surface area (Å²) in [7, 11) is -3.61. The third kappa shape index (κ3) is 3.44. The van der Waals surface area contributed by atoms with Crippen molar-refractivity contribution in [3.05, 3.63) is 15.4 Å². The quantitative estimate of drug-likeness (QED) is 0.751. The molecule has 19 heavy (non-hydrogen) atoms. The van der Waals surface area contributed by atoms with Crippen molar-refractivity contribution < 1.29 is 8.42 Å². The third-order valence-electron chi connectivity index (χ3n) is 3.41. The number of aromatic amines is 1. The van der Waals surface area contributed by atoms with Crippen molar-refractivity contribution in [2.75, 3.05) is 13.1 Å². The molecule has 2 rings (SSSR count). The van der Waals surface area contributed by atoms with Crippen LogP contribution in [-0.2, 0) is 10.0 Å². The fourth-order valence-electron chi connectivity index (χ4n) is 2.35. The van der Waals surface area contributed by atoms with Crippen LogP contribution in [0.5, 0.6) is 0 Å². The van der Waals surface area contributed by atoms with E-state index in [1.807, 2.05) is 6.92 Å². The summed E-state index contributed by atoms with van der Waals surface area (Å²) < 4.78 is 27.2. The number of thiazole rings is 1. The highest BCUT2D eigenvalue weighted by atomic mass is 32.2. The average Bonchev–Trinajstić information content (AvgIpc) is 2.70. The number of hydrogen-bond donors (Lipinski definition) is 3. The van der Waals surface area contributed by atoms with Crippen molar-refractivity contribution >= 4 is 21.4 Å². The molecule has 1 aliphatic heterocycles. The zero-order chi connectivity index (χ0) is 14.0. The second kappa shape index (κ2) is 5.74. The van der Waals surface area contributed by atoms with Gasteiger partial charge in [0.05, 0.1) is 0 Å². The number of sulfonamides is 1. The number of nitrogens with one attached hydrogen (secondary N) is 3. The van der Waals surface area contributed by atoms with Gasteiger partial charge in [0, 0.05) is 11.7 Å². The molecule has 0 amide bonds. The summed E-state index contributed by atoms with van der Waals surface area (Å²) in [5, 5.41) is 3.27. The van der Waals surface area contributed by atoms with E-state index in [0.29, 0.717) is 11.6 Å². The Kier molecular flexibility index (Phi) is 4.44. The van der Waals surface area contributed by atoms with Crippen molar-refractivity contribution in [1.29, 1.82) is 0 Å². The minimum atomic E-state index is -3.61. The maximum absolute atomic E-state index is 12.2. The first kappa shape index (κ1) is 14.7. The van der Waals surface area contributed by atoms with Crippen LogP contribution in [0.15, 0.2) is 9.00 Å². The molecule has 0 spiro atoms. The molecule has 0 radical (unpaired) electrons. The van der Waals surface area contributed by atoms with Crippen molar-refractivity contribution in [3.8, 4) is 0 Å². The summed E-state index contributed by atoms with van der Waals surface area (Å²) in [4.78, 5) is 13.4. The van der Waals surface area contributed by atoms with Crippen LogP contribution in [-0.4, -0.2) is 32.5 Å². The zero-order valence-electron chi connectivity index (χ0n) is 11.0. The second-order valence-corrected chi connectivity index (χ2v) is 7.84. The predicted molar refractivity (Wildman–Crippen MR) is 75.1 cm³/mol. The van der Waals surface area contributed by atoms with Gasteiger partial charge in [0.25, 0.3) is 10.0 Å². The Bertz CT molecular complexity index is 585. The molecule has 2 unspecified atom stereocenters. The fraction of sp³-hybridized carbons (Fsp3) is 0.727. The Morgan fingerprint density at radius 2 is 2.21 bits per heavy atom. The molecule has 1 aromatic heterocycles. The number of piperidine rings is 1. The highest BCUT2D eigenvalue weighted by molar-refractivity contribution is 7.91. The molecule has 8 heteroatoms. The van der Waals surface area contributed by atoms with Crippen molar-refractivity contribution in [3.63, 3.8) is 0 Å². The summed E-state index contributed by atoms with van der Waals surface area (Å²) in [6, 6.07) is -0.144. The number of hydrogen-bond acceptors (Lipinski definition) is 5. The first-order valence-electron chi connectivity index (χ1n) is 6.33. The Morgan fingerprint density at radius 1 is 1.47 bits per heavy atom. The van der Waals surface area contributed by atoms with Crippen LogP contribution in [0.2, 0.25) is 0 Å². The smallest absolute Gasteiger partial charge is 0.305 e. The van der Waals surface area contributed by atoms with Crippen molar-refractivity contribution in [1.82, 2.24) is 15.0 Å². The van der Waals surface area contributed by atoms with Crippen LogP contribution in [0.1, 0.15) is 25.5 Å². The van der Waals surface area contributed by atoms with E-state index in [1.165, 1.54) is 0 Å². The minimum absolute atomic E-state index is 0.0909. The van der Waals surface area contributed by atoms with Crippen LogP contribution in [0.4, 0.5) is 0 Å². The van der Waals surface area contributed by atoms with Crippen molar-refractivity contribution in [2.24, 2.45) is 5.92 Å². The van der Waals surface area contributed by atoms with E-state index in [-0.39, 0.29) is 15.1 Å². The van der Waals surface area contributed by atoms with Crippen LogP contribution in [0.3, 0.4) is 0 Å². The SMILES string of the molecule is Cc1[nH]c(=O)sc1S(=O)(=O)NC(C)C1CCCNC1. The Balaban J connectivity index is 2.12. The van der Waals surface area contributed by atoms with E-state index in [4.69, 9.17) is 0 Å². The first-order chi connectivity index (χ1) is 8.90. The second-order valence-electron chi connectivity index (χ2n) is 4.94. The lowest BCUT2D eigenvalue weighted by atomic mass is 9.94. The molecule has 1 saturated heterocycles. The molecule has 108 valence electrons. The third-order valence-corrected chi connectivity index (χ3v) is 6.57. The number of aryl methyl sites for hydroxylation is 1. The van der Waals surface area contributed by atoms with Crippen LogP contribution < -0.4 is 14.9 Å². The van der Waals surface area contributed by atoms with Gasteiger partial charge in [-0.3, -0.25) is 4.79 Å². The molecule has 6 nitrogen and oxygen atoms in total. The largest absolute Gasteiger partial charge is 0.316 e. The van der Waals surface area contributed by atoms with Gasteiger partial charge in [-0.1, -0.05) is 11.3 Å². The Hall–Kier alpha value is -0.700. The van der Waals surface area contributed by atoms with Gasteiger partial charge in [0.15, 0.2) is 4.21 Å². The summed E-state index contributed by atoms with van der Waals surface area (Å²) >= 11 is 0.733. The van der Waals surface area contributed by atoms with E-state index in [0.717, 1.165) is 37.3 Å². The van der Waals surface area contributed by atoms with E-state index < -0.39 is 10.0 Å². The molecule has 2 heterocycles. The fourth-order valence-corrected chi connectivity index (χ4v) is 4.98. The van der Waals surface area contributed by atoms with E-state index in [2.05, 4.69) is 15.0 Å². The molecule has 0 aromatic carbocycles. The Morgan fingerprint density at radius 3 is 2.74 bits per heavy atom. The average molecular weight is 305 g/mol. The van der Waals surface area contributed by atoms with Crippen LogP contribution >= 0.6 is 11.3 Å². The lowest BCUT2D eigenvalue weighted by molar-refractivity contribution is 0.320. The van der Waals surface area contributed by atoms with Gasteiger partial charge < -0.3 is 10.3 Å². The molecule has 0 aliphatic carbocycles. The molecular formula is C11H19N3O3S2. The molecule has 1 aromatic rings. The van der Waals surface area contributed by atoms with Gasteiger partial charge in [-0.2, -0.15) is 0 Å². The predicted octanol–water partition coefficient (Wildman–Crippen LogP) is 0.411. The van der Waals surface area contributed by atoms with E-state index >= 15 is 0 Å². The van der Waals surface area contributed by atoms with Crippen molar-refractivity contribution in [2.45, 2.75) is 36.9 Å². The molecule has 0 bridgehead atoms. The van der Waals surface area contributed by atoms with Gasteiger partial charge in [-0.15, -0.1) is 0 Å². The minimum Gasteiger partial charge on any atom is -0.316 e. The summed E-state index contributed by atoms with van der Waals surface area (Å²) in [6.07, 6.45) is 2.08. The van der Waals surface area contributed by atoms with E-state index in [1.54, 1.807) is 6.92 Å². The number of aromatic nitrogens is 1. The molecule has 1 fully saturated rings. The number of rotatable bonds is 4. The van der Waals surface area contributed by atoms with Gasteiger partial charge >= 0.3 is 4.87 Å². The lowest BCUT2D eigenvalue weighted by Crippen LogP contribution is -2.44. The van der Waals surface area contributed by atoms with E-state index in [9.17, 15) is 13.2 Å². The zero-order valence-corrected chi connectivity index (χ0v) is 12.7. The molecule has 3 N–H and O–H groups in total. The van der Waals surface area contributed by atoms with Gasteiger partial charge in [-0.05, 0) is 45.7 Å². The van der Waals surface area contributed by atoms with Gasteiger partial charge in [0.2, 0.25) is 0 Å². The summed E-state index contributed by atoms with van der Waals surface area (Å²) in [6.45, 7) is 5.29. The Labute approximate surface area is 116 Å². The van der Waals surface area contributed by atoms with Gasteiger partial charge in [-0.25, -0.2) is 13.1 Å². The molecule has 1 aliphatic rings.